The van der Waals surface area contributed by atoms with Crippen molar-refractivity contribution in [3.05, 3.63) is 77.9 Å². The number of carbonyl (C=O) groups is 1. The number of fused-ring (bicyclic) bond motifs is 1. The summed E-state index contributed by atoms with van der Waals surface area (Å²) in [5.74, 6) is -0.176. The fourth-order valence-corrected chi connectivity index (χ4v) is 2.59. The molecule has 3 aromatic carbocycles. The Morgan fingerprint density at radius 2 is 1.64 bits per heavy atom. The smallest absolute Gasteiger partial charge is 0.256 e. The fraction of sp³-hybridized carbons (Fsp3) is 0.105. The maximum Gasteiger partial charge on any atom is 0.256 e. The standard InChI is InChI=1S/C19H17NO2/c1-13(21)15-9-4-5-12-18(15)20-19(22)17-11-6-8-14-7-2-3-10-16(14)17/h2-13,21H,1H3,(H,20,22). The molecule has 0 aliphatic carbocycles. The zero-order chi connectivity index (χ0) is 15.5. The first-order chi connectivity index (χ1) is 10.7. The lowest BCUT2D eigenvalue weighted by Crippen LogP contribution is -2.14. The number of benzene rings is 3. The van der Waals surface area contributed by atoms with Crippen LogP contribution >= 0.6 is 0 Å². The van der Waals surface area contributed by atoms with Gasteiger partial charge >= 0.3 is 0 Å². The molecule has 3 rings (SSSR count). The number of carbonyl (C=O) groups excluding carboxylic acids is 1. The molecule has 0 radical (unpaired) electrons. The van der Waals surface area contributed by atoms with Crippen molar-refractivity contribution in [2.75, 3.05) is 5.32 Å². The van der Waals surface area contributed by atoms with Crippen LogP contribution in [-0.2, 0) is 0 Å². The van der Waals surface area contributed by atoms with Crippen LogP contribution in [0.15, 0.2) is 66.7 Å². The Morgan fingerprint density at radius 3 is 2.45 bits per heavy atom. The van der Waals surface area contributed by atoms with Crippen molar-refractivity contribution in [1.29, 1.82) is 0 Å². The summed E-state index contributed by atoms with van der Waals surface area (Å²) in [6, 6.07) is 20.7. The number of amides is 1. The highest BCUT2D eigenvalue weighted by atomic mass is 16.3. The first kappa shape index (κ1) is 14.3. The number of hydrogen-bond donors (Lipinski definition) is 2. The Labute approximate surface area is 129 Å². The number of aliphatic hydroxyl groups is 1. The quantitative estimate of drug-likeness (QED) is 0.761. The highest BCUT2D eigenvalue weighted by molar-refractivity contribution is 6.13. The van der Waals surface area contributed by atoms with Gasteiger partial charge in [0, 0.05) is 16.8 Å². The number of nitrogens with one attached hydrogen (secondary N) is 1. The molecule has 0 spiro atoms. The zero-order valence-electron chi connectivity index (χ0n) is 12.3. The van der Waals surface area contributed by atoms with Crippen molar-refractivity contribution in [1.82, 2.24) is 0 Å². The third-order valence-corrected chi connectivity index (χ3v) is 3.69. The highest BCUT2D eigenvalue weighted by Gasteiger charge is 2.13. The van der Waals surface area contributed by atoms with Gasteiger partial charge in [0.2, 0.25) is 0 Å². The summed E-state index contributed by atoms with van der Waals surface area (Å²) in [7, 11) is 0. The lowest BCUT2D eigenvalue weighted by molar-refractivity contribution is 0.102. The van der Waals surface area contributed by atoms with Crippen LogP contribution in [-0.4, -0.2) is 11.0 Å². The molecule has 0 aliphatic heterocycles. The molecule has 3 aromatic rings. The minimum absolute atomic E-state index is 0.176. The summed E-state index contributed by atoms with van der Waals surface area (Å²) in [4.78, 5) is 12.6. The largest absolute Gasteiger partial charge is 0.389 e. The van der Waals surface area contributed by atoms with Crippen LogP contribution in [0.4, 0.5) is 5.69 Å². The number of aliphatic hydroxyl groups excluding tert-OH is 1. The van der Waals surface area contributed by atoms with Crippen LogP contribution in [0.2, 0.25) is 0 Å². The third kappa shape index (κ3) is 2.71. The van der Waals surface area contributed by atoms with E-state index in [1.807, 2.05) is 60.7 Å². The molecule has 0 fully saturated rings. The minimum Gasteiger partial charge on any atom is -0.389 e. The molecule has 110 valence electrons. The van der Waals surface area contributed by atoms with E-state index >= 15 is 0 Å². The van der Waals surface area contributed by atoms with Crippen molar-refractivity contribution in [2.45, 2.75) is 13.0 Å². The molecule has 22 heavy (non-hydrogen) atoms. The van der Waals surface area contributed by atoms with Crippen LogP contribution < -0.4 is 5.32 Å². The summed E-state index contributed by atoms with van der Waals surface area (Å²) in [6.07, 6.45) is -0.635. The van der Waals surface area contributed by atoms with E-state index in [0.29, 0.717) is 16.8 Å². The van der Waals surface area contributed by atoms with Gasteiger partial charge in [-0.2, -0.15) is 0 Å². The molecular formula is C19H17NO2. The van der Waals surface area contributed by atoms with Gasteiger partial charge in [-0.05, 0) is 29.8 Å². The van der Waals surface area contributed by atoms with Crippen molar-refractivity contribution in [2.24, 2.45) is 0 Å². The summed E-state index contributed by atoms with van der Waals surface area (Å²) >= 11 is 0. The van der Waals surface area contributed by atoms with Gasteiger partial charge in [0.25, 0.3) is 5.91 Å². The number of hydrogen-bond acceptors (Lipinski definition) is 2. The molecule has 0 saturated carbocycles. The first-order valence-electron chi connectivity index (χ1n) is 7.23. The summed E-state index contributed by atoms with van der Waals surface area (Å²) in [5, 5.41) is 14.7. The Balaban J connectivity index is 1.98. The van der Waals surface area contributed by atoms with E-state index in [2.05, 4.69) is 5.32 Å². The van der Waals surface area contributed by atoms with E-state index < -0.39 is 6.10 Å². The Hall–Kier alpha value is -2.65. The SMILES string of the molecule is CC(O)c1ccccc1NC(=O)c1cccc2ccccc12. The van der Waals surface area contributed by atoms with Crippen molar-refractivity contribution in [3.8, 4) is 0 Å². The maximum atomic E-state index is 12.6. The zero-order valence-corrected chi connectivity index (χ0v) is 12.3. The molecule has 3 nitrogen and oxygen atoms in total. The summed E-state index contributed by atoms with van der Waals surface area (Å²) in [5.41, 5.74) is 1.96. The van der Waals surface area contributed by atoms with E-state index in [0.717, 1.165) is 10.8 Å². The molecule has 1 unspecified atom stereocenters. The molecule has 0 heterocycles. The molecule has 0 saturated heterocycles. The predicted molar refractivity (Wildman–Crippen MR) is 89.0 cm³/mol. The van der Waals surface area contributed by atoms with Gasteiger partial charge in [0.15, 0.2) is 0 Å². The van der Waals surface area contributed by atoms with Gasteiger partial charge in [-0.3, -0.25) is 4.79 Å². The Bertz CT molecular complexity index is 819. The second kappa shape index (κ2) is 6.00. The molecular weight excluding hydrogens is 274 g/mol. The van der Waals surface area contributed by atoms with Crippen LogP contribution in [0, 0.1) is 0 Å². The van der Waals surface area contributed by atoms with E-state index in [4.69, 9.17) is 0 Å². The van der Waals surface area contributed by atoms with Crippen LogP contribution in [0.3, 0.4) is 0 Å². The molecule has 1 atom stereocenters. The number of anilines is 1. The van der Waals surface area contributed by atoms with Gasteiger partial charge in [0.05, 0.1) is 6.10 Å². The summed E-state index contributed by atoms with van der Waals surface area (Å²) < 4.78 is 0. The lowest BCUT2D eigenvalue weighted by Gasteiger charge is -2.13. The van der Waals surface area contributed by atoms with Gasteiger partial charge in [0.1, 0.15) is 0 Å². The average molecular weight is 291 g/mol. The summed E-state index contributed by atoms with van der Waals surface area (Å²) in [6.45, 7) is 1.68. The van der Waals surface area contributed by atoms with Crippen molar-refractivity contribution in [3.63, 3.8) is 0 Å². The highest BCUT2D eigenvalue weighted by Crippen LogP contribution is 2.24. The first-order valence-corrected chi connectivity index (χ1v) is 7.23. The van der Waals surface area contributed by atoms with E-state index in [9.17, 15) is 9.90 Å². The molecule has 0 bridgehead atoms. The average Bonchev–Trinajstić information content (AvgIpc) is 2.54. The molecule has 1 amide bonds. The molecule has 0 aromatic heterocycles. The van der Waals surface area contributed by atoms with E-state index in [-0.39, 0.29) is 5.91 Å². The van der Waals surface area contributed by atoms with Gasteiger partial charge in [-0.1, -0.05) is 54.6 Å². The second-order valence-corrected chi connectivity index (χ2v) is 5.24. The monoisotopic (exact) mass is 291 g/mol. The molecule has 3 heteroatoms. The normalized spacial score (nSPS) is 12.1. The van der Waals surface area contributed by atoms with Gasteiger partial charge < -0.3 is 10.4 Å². The third-order valence-electron chi connectivity index (χ3n) is 3.69. The topological polar surface area (TPSA) is 49.3 Å². The van der Waals surface area contributed by atoms with E-state index in [1.54, 1.807) is 13.0 Å². The minimum atomic E-state index is -0.635. The lowest BCUT2D eigenvalue weighted by atomic mass is 10.0. The van der Waals surface area contributed by atoms with Crippen LogP contribution in [0.5, 0.6) is 0 Å². The van der Waals surface area contributed by atoms with Crippen LogP contribution in [0.1, 0.15) is 28.9 Å². The second-order valence-electron chi connectivity index (χ2n) is 5.24. The number of para-hydroxylation sites is 1. The van der Waals surface area contributed by atoms with Crippen LogP contribution in [0.25, 0.3) is 10.8 Å². The van der Waals surface area contributed by atoms with Crippen molar-refractivity contribution >= 4 is 22.4 Å². The Morgan fingerprint density at radius 1 is 0.955 bits per heavy atom. The van der Waals surface area contributed by atoms with Crippen molar-refractivity contribution < 1.29 is 9.90 Å². The maximum absolute atomic E-state index is 12.6. The van der Waals surface area contributed by atoms with Gasteiger partial charge in [-0.25, -0.2) is 0 Å². The van der Waals surface area contributed by atoms with E-state index in [1.165, 1.54) is 0 Å². The fourth-order valence-electron chi connectivity index (χ4n) is 2.59. The molecule has 0 aliphatic rings. The van der Waals surface area contributed by atoms with Gasteiger partial charge in [-0.15, -0.1) is 0 Å². The Kier molecular flexibility index (Phi) is 3.90. The molecule has 2 N–H and O–H groups in total. The predicted octanol–water partition coefficient (Wildman–Crippen LogP) is 4.15. The number of rotatable bonds is 3.